The highest BCUT2D eigenvalue weighted by atomic mass is 35.5. The van der Waals surface area contributed by atoms with Gasteiger partial charge in [-0.3, -0.25) is 9.59 Å². The molecule has 0 saturated carbocycles. The van der Waals surface area contributed by atoms with Gasteiger partial charge in [-0.15, -0.1) is 0 Å². The second-order valence-corrected chi connectivity index (χ2v) is 6.73. The molecule has 0 saturated heterocycles. The van der Waals surface area contributed by atoms with Gasteiger partial charge < -0.3 is 10.1 Å². The first kappa shape index (κ1) is 22.5. The lowest BCUT2D eigenvalue weighted by Gasteiger charge is -2.08. The van der Waals surface area contributed by atoms with Crippen LogP contribution in [0.2, 0.25) is 10.0 Å². The predicted molar refractivity (Wildman–Crippen MR) is 116 cm³/mol. The first-order valence-electron chi connectivity index (χ1n) is 8.93. The second-order valence-electron chi connectivity index (χ2n) is 5.89. The maximum Gasteiger partial charge on any atom is 0.259 e. The third kappa shape index (κ3) is 9.27. The van der Waals surface area contributed by atoms with Gasteiger partial charge in [-0.2, -0.15) is 5.10 Å². The number of nitrogens with one attached hydrogen (secondary N) is 2. The molecule has 0 bridgehead atoms. The second kappa shape index (κ2) is 12.6. The van der Waals surface area contributed by atoms with E-state index in [1.54, 1.807) is 24.3 Å². The van der Waals surface area contributed by atoms with Crippen LogP contribution >= 0.6 is 23.2 Å². The van der Waals surface area contributed by atoms with E-state index >= 15 is 0 Å². The number of allylic oxidation sites excluding steroid dienone is 1. The zero-order valence-electron chi connectivity index (χ0n) is 15.6. The topological polar surface area (TPSA) is 79.8 Å². The SMILES string of the molecule is O=C(CCCOc1ccc(Cl)cc1Cl)NCC(=O)NN=C/C=C\c1ccccc1. The number of hydrogen-bond acceptors (Lipinski definition) is 4. The molecule has 0 heterocycles. The van der Waals surface area contributed by atoms with Crippen LogP contribution < -0.4 is 15.5 Å². The minimum absolute atomic E-state index is 0.150. The molecule has 6 nitrogen and oxygen atoms in total. The number of benzene rings is 2. The zero-order valence-corrected chi connectivity index (χ0v) is 17.1. The molecule has 2 N–H and O–H groups in total. The molecule has 0 radical (unpaired) electrons. The van der Waals surface area contributed by atoms with Crippen molar-refractivity contribution in [2.45, 2.75) is 12.8 Å². The van der Waals surface area contributed by atoms with Crippen LogP contribution in [0.15, 0.2) is 59.7 Å². The average molecular weight is 434 g/mol. The fourth-order valence-corrected chi connectivity index (χ4v) is 2.65. The molecule has 152 valence electrons. The Morgan fingerprint density at radius 1 is 1.07 bits per heavy atom. The summed E-state index contributed by atoms with van der Waals surface area (Å²) in [5.41, 5.74) is 3.37. The Morgan fingerprint density at radius 3 is 2.62 bits per heavy atom. The number of halogens is 2. The highest BCUT2D eigenvalue weighted by Crippen LogP contribution is 2.27. The number of carbonyl (C=O) groups is 2. The molecular formula is C21H21Cl2N3O3. The van der Waals surface area contributed by atoms with E-state index < -0.39 is 5.91 Å². The highest BCUT2D eigenvalue weighted by molar-refractivity contribution is 6.35. The van der Waals surface area contributed by atoms with Crippen molar-refractivity contribution in [1.29, 1.82) is 0 Å². The summed E-state index contributed by atoms with van der Waals surface area (Å²) in [7, 11) is 0. The van der Waals surface area contributed by atoms with Gasteiger partial charge in [0.1, 0.15) is 5.75 Å². The number of carbonyl (C=O) groups excluding carboxylic acids is 2. The van der Waals surface area contributed by atoms with E-state index in [0.717, 1.165) is 5.56 Å². The largest absolute Gasteiger partial charge is 0.492 e. The Morgan fingerprint density at radius 2 is 1.86 bits per heavy atom. The number of amides is 2. The summed E-state index contributed by atoms with van der Waals surface area (Å²) < 4.78 is 5.50. The van der Waals surface area contributed by atoms with Gasteiger partial charge >= 0.3 is 0 Å². The van der Waals surface area contributed by atoms with E-state index in [0.29, 0.717) is 28.8 Å². The third-order valence-corrected chi connectivity index (χ3v) is 4.11. The number of nitrogens with zero attached hydrogens (tertiary/aromatic N) is 1. The van der Waals surface area contributed by atoms with Crippen LogP contribution in [0.3, 0.4) is 0 Å². The molecule has 0 aliphatic rings. The van der Waals surface area contributed by atoms with Gasteiger partial charge in [-0.1, -0.05) is 59.6 Å². The first-order valence-corrected chi connectivity index (χ1v) is 9.68. The van der Waals surface area contributed by atoms with Crippen LogP contribution in [0.5, 0.6) is 5.75 Å². The molecule has 0 aromatic heterocycles. The van der Waals surface area contributed by atoms with Crippen molar-refractivity contribution in [3.05, 3.63) is 70.2 Å². The van der Waals surface area contributed by atoms with E-state index in [9.17, 15) is 9.59 Å². The van der Waals surface area contributed by atoms with Gasteiger partial charge in [0, 0.05) is 17.7 Å². The van der Waals surface area contributed by atoms with Crippen LogP contribution in [0.25, 0.3) is 6.08 Å². The number of hydrazone groups is 1. The first-order chi connectivity index (χ1) is 14.0. The van der Waals surface area contributed by atoms with Crippen molar-refractivity contribution < 1.29 is 14.3 Å². The summed E-state index contributed by atoms with van der Waals surface area (Å²) in [6.07, 6.45) is 5.74. The monoisotopic (exact) mass is 433 g/mol. The maximum atomic E-state index is 11.8. The normalized spacial score (nSPS) is 11.0. The summed E-state index contributed by atoms with van der Waals surface area (Å²) in [6, 6.07) is 14.6. The standard InChI is InChI=1S/C21H21Cl2N3O3/c22-17-10-11-19(18(23)14-17)29-13-5-9-20(27)24-15-21(28)26-25-12-4-8-16-6-2-1-3-7-16/h1-4,6-8,10-12,14H,5,9,13,15H2,(H,24,27)(H,26,28)/b8-4-,25-12?. The summed E-state index contributed by atoms with van der Waals surface area (Å²) >= 11 is 11.8. The van der Waals surface area contributed by atoms with Crippen molar-refractivity contribution in [2.75, 3.05) is 13.2 Å². The van der Waals surface area contributed by atoms with Gasteiger partial charge in [-0.25, -0.2) is 5.43 Å². The molecule has 0 aliphatic heterocycles. The predicted octanol–water partition coefficient (Wildman–Crippen LogP) is 4.08. The summed E-state index contributed by atoms with van der Waals surface area (Å²) in [6.45, 7) is 0.168. The molecule has 8 heteroatoms. The van der Waals surface area contributed by atoms with E-state index in [4.69, 9.17) is 27.9 Å². The Labute approximate surface area is 179 Å². The van der Waals surface area contributed by atoms with E-state index in [1.165, 1.54) is 6.21 Å². The fourth-order valence-electron chi connectivity index (χ4n) is 2.18. The van der Waals surface area contributed by atoms with Crippen molar-refractivity contribution in [2.24, 2.45) is 5.10 Å². The smallest absolute Gasteiger partial charge is 0.259 e. The van der Waals surface area contributed by atoms with Crippen LogP contribution in [0.4, 0.5) is 0 Å². The maximum absolute atomic E-state index is 11.8. The van der Waals surface area contributed by atoms with Crippen LogP contribution in [-0.2, 0) is 9.59 Å². The van der Waals surface area contributed by atoms with Crippen LogP contribution in [-0.4, -0.2) is 31.2 Å². The van der Waals surface area contributed by atoms with Gasteiger partial charge in [0.25, 0.3) is 5.91 Å². The number of ether oxygens (including phenoxy) is 1. The molecule has 0 fully saturated rings. The minimum Gasteiger partial charge on any atom is -0.492 e. The lowest BCUT2D eigenvalue weighted by Crippen LogP contribution is -2.34. The van der Waals surface area contributed by atoms with Gasteiger partial charge in [0.05, 0.1) is 18.2 Å². The van der Waals surface area contributed by atoms with E-state index in [-0.39, 0.29) is 18.9 Å². The number of rotatable bonds is 10. The summed E-state index contributed by atoms with van der Waals surface area (Å²) in [5.74, 6) is -0.152. The van der Waals surface area contributed by atoms with Crippen molar-refractivity contribution in [1.82, 2.24) is 10.7 Å². The Bertz CT molecular complexity index is 871. The molecular weight excluding hydrogens is 413 g/mol. The Hall–Kier alpha value is -2.83. The highest BCUT2D eigenvalue weighted by Gasteiger charge is 2.06. The Kier molecular flexibility index (Phi) is 9.75. The molecule has 29 heavy (non-hydrogen) atoms. The molecule has 0 spiro atoms. The van der Waals surface area contributed by atoms with Crippen molar-refractivity contribution in [3.63, 3.8) is 0 Å². The molecule has 2 amide bonds. The molecule has 2 aromatic carbocycles. The fraction of sp³-hybridized carbons (Fsp3) is 0.190. The van der Waals surface area contributed by atoms with E-state index in [2.05, 4.69) is 15.8 Å². The van der Waals surface area contributed by atoms with Gasteiger partial charge in [0.2, 0.25) is 5.91 Å². The molecule has 2 rings (SSSR count). The lowest BCUT2D eigenvalue weighted by atomic mass is 10.2. The number of hydrogen-bond donors (Lipinski definition) is 2. The average Bonchev–Trinajstić information content (AvgIpc) is 2.71. The molecule has 0 atom stereocenters. The quantitative estimate of drug-likeness (QED) is 0.336. The van der Waals surface area contributed by atoms with Gasteiger partial charge in [-0.05, 0) is 36.3 Å². The van der Waals surface area contributed by atoms with Crippen LogP contribution in [0, 0.1) is 0 Å². The van der Waals surface area contributed by atoms with Crippen molar-refractivity contribution >= 4 is 47.3 Å². The lowest BCUT2D eigenvalue weighted by molar-refractivity contribution is -0.126. The van der Waals surface area contributed by atoms with Crippen LogP contribution in [0.1, 0.15) is 18.4 Å². The minimum atomic E-state index is -0.410. The molecule has 0 unspecified atom stereocenters. The molecule has 2 aromatic rings. The zero-order chi connectivity index (χ0) is 20.9. The Balaban J connectivity index is 1.56. The molecule has 0 aliphatic carbocycles. The van der Waals surface area contributed by atoms with E-state index in [1.807, 2.05) is 36.4 Å². The third-order valence-electron chi connectivity index (χ3n) is 3.58. The van der Waals surface area contributed by atoms with Crippen molar-refractivity contribution in [3.8, 4) is 5.75 Å². The summed E-state index contributed by atoms with van der Waals surface area (Å²) in [5, 5.41) is 7.25. The van der Waals surface area contributed by atoms with Gasteiger partial charge in [0.15, 0.2) is 0 Å². The summed E-state index contributed by atoms with van der Waals surface area (Å²) in [4.78, 5) is 23.4.